The number of nitrogens with zero attached hydrogens (tertiary/aromatic N) is 3. The number of hydrogen-bond acceptors (Lipinski definition) is 2. The van der Waals surface area contributed by atoms with Crippen molar-refractivity contribution in [3.8, 4) is 0 Å². The molecule has 0 amide bonds. The summed E-state index contributed by atoms with van der Waals surface area (Å²) in [5, 5.41) is 4.07. The summed E-state index contributed by atoms with van der Waals surface area (Å²) in [6.45, 7) is 2.09. The fraction of sp³-hybridized carbons (Fsp3) is 0.250. The van der Waals surface area contributed by atoms with Gasteiger partial charge in [-0.25, -0.2) is 9.67 Å². The fourth-order valence-electron chi connectivity index (χ4n) is 0.985. The Morgan fingerprint density at radius 1 is 1.55 bits per heavy atom. The number of hydrogen-bond donors (Lipinski definition) is 0. The molecule has 0 spiro atoms. The van der Waals surface area contributed by atoms with Gasteiger partial charge in [-0.15, -0.1) is 0 Å². The van der Waals surface area contributed by atoms with Crippen LogP contribution in [0.2, 0.25) is 0 Å². The maximum atomic E-state index is 4.24. The van der Waals surface area contributed by atoms with Gasteiger partial charge in [0.1, 0.15) is 0 Å². The quantitative estimate of drug-likeness (QED) is 0.549. The number of fused-ring (bicyclic) bond motifs is 1. The molecule has 56 valence electrons. The molecular formula is C8H9N3. The molecule has 0 saturated carbocycles. The third kappa shape index (κ3) is 1.09. The van der Waals surface area contributed by atoms with Crippen molar-refractivity contribution < 1.29 is 0 Å². The minimum Gasteiger partial charge on any atom is -0.241 e. The van der Waals surface area contributed by atoms with E-state index in [9.17, 15) is 0 Å². The molecule has 1 aromatic rings. The van der Waals surface area contributed by atoms with E-state index in [1.165, 1.54) is 0 Å². The molecule has 3 heteroatoms. The van der Waals surface area contributed by atoms with Crippen LogP contribution < -0.4 is 0 Å². The van der Waals surface area contributed by atoms with Crippen LogP contribution in [-0.4, -0.2) is 16.0 Å². The van der Waals surface area contributed by atoms with E-state index in [2.05, 4.69) is 23.1 Å². The first kappa shape index (κ1) is 6.34. The summed E-state index contributed by atoms with van der Waals surface area (Å²) in [6.07, 6.45) is 7.66. The first-order valence-corrected chi connectivity index (χ1v) is 3.62. The molecule has 0 bridgehead atoms. The zero-order valence-corrected chi connectivity index (χ0v) is 6.31. The molecule has 0 aliphatic carbocycles. The van der Waals surface area contributed by atoms with E-state index in [1.807, 2.05) is 18.5 Å². The van der Waals surface area contributed by atoms with Crippen LogP contribution in [0.4, 0.5) is 5.82 Å². The molecule has 0 N–H and O–H groups in total. The van der Waals surface area contributed by atoms with Gasteiger partial charge in [0.25, 0.3) is 0 Å². The minimum atomic E-state index is 0.400. The Morgan fingerprint density at radius 3 is 3.36 bits per heavy atom. The van der Waals surface area contributed by atoms with Crippen molar-refractivity contribution in [2.75, 3.05) is 0 Å². The highest BCUT2D eigenvalue weighted by molar-refractivity contribution is 5.69. The van der Waals surface area contributed by atoms with Crippen LogP contribution in [0.1, 0.15) is 6.92 Å². The van der Waals surface area contributed by atoms with Gasteiger partial charge in [-0.1, -0.05) is 13.0 Å². The van der Waals surface area contributed by atoms with Gasteiger partial charge in [-0.05, 0) is 0 Å². The Kier molecular flexibility index (Phi) is 1.35. The van der Waals surface area contributed by atoms with Gasteiger partial charge in [-0.3, -0.25) is 0 Å². The van der Waals surface area contributed by atoms with Gasteiger partial charge in [0.05, 0.1) is 6.20 Å². The van der Waals surface area contributed by atoms with E-state index in [0.717, 1.165) is 5.82 Å². The molecule has 1 aliphatic rings. The Labute approximate surface area is 65.1 Å². The molecule has 11 heavy (non-hydrogen) atoms. The molecule has 0 saturated heterocycles. The van der Waals surface area contributed by atoms with Crippen LogP contribution in [0.15, 0.2) is 23.3 Å². The summed E-state index contributed by atoms with van der Waals surface area (Å²) in [5.41, 5.74) is 0. The van der Waals surface area contributed by atoms with Crippen LogP contribution in [0.5, 0.6) is 0 Å². The Balaban J connectivity index is 2.48. The van der Waals surface area contributed by atoms with E-state index in [1.54, 1.807) is 10.9 Å². The lowest BCUT2D eigenvalue weighted by Crippen LogP contribution is -1.87. The first-order chi connectivity index (χ1) is 5.36. The minimum absolute atomic E-state index is 0.400. The molecule has 1 aromatic heterocycles. The van der Waals surface area contributed by atoms with Gasteiger partial charge in [0.2, 0.25) is 0 Å². The standard InChI is InChI=1S/C8H9N3/c1-7-3-5-11-8(9-6-7)2-4-10-11/h2-7H,1H3. The second-order valence-corrected chi connectivity index (χ2v) is 2.61. The van der Waals surface area contributed by atoms with E-state index in [0.29, 0.717) is 5.92 Å². The fourth-order valence-corrected chi connectivity index (χ4v) is 0.985. The van der Waals surface area contributed by atoms with Crippen LogP contribution in [0.3, 0.4) is 0 Å². The summed E-state index contributed by atoms with van der Waals surface area (Å²) >= 11 is 0. The summed E-state index contributed by atoms with van der Waals surface area (Å²) < 4.78 is 1.76. The van der Waals surface area contributed by atoms with Gasteiger partial charge < -0.3 is 0 Å². The van der Waals surface area contributed by atoms with Gasteiger partial charge >= 0.3 is 0 Å². The average Bonchev–Trinajstić information content (AvgIpc) is 2.38. The molecule has 0 radical (unpaired) electrons. The van der Waals surface area contributed by atoms with Crippen LogP contribution in [0.25, 0.3) is 6.20 Å². The zero-order valence-electron chi connectivity index (χ0n) is 6.31. The second-order valence-electron chi connectivity index (χ2n) is 2.61. The van der Waals surface area contributed by atoms with Crippen LogP contribution in [0, 0.1) is 5.92 Å². The molecule has 0 aromatic carbocycles. The SMILES string of the molecule is CC1C=Cn2nccc2N=C1. The molecule has 1 aliphatic heterocycles. The Bertz CT molecular complexity index is 280. The van der Waals surface area contributed by atoms with Gasteiger partial charge in [0.15, 0.2) is 5.82 Å². The summed E-state index contributed by atoms with van der Waals surface area (Å²) in [7, 11) is 0. The normalized spacial score (nSPS) is 21.4. The van der Waals surface area contributed by atoms with Crippen LogP contribution in [-0.2, 0) is 0 Å². The number of aromatic nitrogens is 2. The zero-order chi connectivity index (χ0) is 7.68. The first-order valence-electron chi connectivity index (χ1n) is 3.62. The van der Waals surface area contributed by atoms with Gasteiger partial charge in [-0.2, -0.15) is 5.10 Å². The lowest BCUT2D eigenvalue weighted by Gasteiger charge is -1.90. The van der Waals surface area contributed by atoms with Crippen molar-refractivity contribution in [1.82, 2.24) is 9.78 Å². The predicted molar refractivity (Wildman–Crippen MR) is 44.9 cm³/mol. The topological polar surface area (TPSA) is 30.2 Å². The smallest absolute Gasteiger partial charge is 0.154 e. The van der Waals surface area contributed by atoms with E-state index in [4.69, 9.17) is 0 Å². The summed E-state index contributed by atoms with van der Waals surface area (Å²) in [6, 6.07) is 1.89. The van der Waals surface area contributed by atoms with Crippen molar-refractivity contribution in [3.05, 3.63) is 18.3 Å². The van der Waals surface area contributed by atoms with E-state index < -0.39 is 0 Å². The molecule has 3 nitrogen and oxygen atoms in total. The van der Waals surface area contributed by atoms with Crippen molar-refractivity contribution in [3.63, 3.8) is 0 Å². The highest BCUT2D eigenvalue weighted by Crippen LogP contribution is 2.14. The predicted octanol–water partition coefficient (Wildman–Crippen LogP) is 1.71. The van der Waals surface area contributed by atoms with Crippen molar-refractivity contribution >= 4 is 18.2 Å². The monoisotopic (exact) mass is 147 g/mol. The molecule has 1 atom stereocenters. The molecule has 2 heterocycles. The average molecular weight is 147 g/mol. The second kappa shape index (κ2) is 2.34. The molecule has 0 fully saturated rings. The largest absolute Gasteiger partial charge is 0.241 e. The maximum absolute atomic E-state index is 4.24. The summed E-state index contributed by atoms with van der Waals surface area (Å²) in [5.74, 6) is 1.29. The Hall–Kier alpha value is -1.38. The van der Waals surface area contributed by atoms with Crippen molar-refractivity contribution in [2.24, 2.45) is 10.9 Å². The van der Waals surface area contributed by atoms with Crippen molar-refractivity contribution in [2.45, 2.75) is 6.92 Å². The summed E-state index contributed by atoms with van der Waals surface area (Å²) in [4.78, 5) is 4.24. The molecule has 2 rings (SSSR count). The lowest BCUT2D eigenvalue weighted by atomic mass is 10.2. The highest BCUT2D eigenvalue weighted by Gasteiger charge is 2.01. The number of aliphatic imine (C=N–C) groups is 1. The number of rotatable bonds is 0. The maximum Gasteiger partial charge on any atom is 0.154 e. The van der Waals surface area contributed by atoms with Crippen LogP contribution >= 0.6 is 0 Å². The molecular weight excluding hydrogens is 138 g/mol. The number of allylic oxidation sites excluding steroid dienone is 1. The van der Waals surface area contributed by atoms with Crippen molar-refractivity contribution in [1.29, 1.82) is 0 Å². The third-order valence-electron chi connectivity index (χ3n) is 1.62. The Morgan fingerprint density at radius 2 is 2.45 bits per heavy atom. The molecule has 1 unspecified atom stereocenters. The highest BCUT2D eigenvalue weighted by atomic mass is 15.3. The van der Waals surface area contributed by atoms with E-state index in [-0.39, 0.29) is 0 Å². The van der Waals surface area contributed by atoms with E-state index >= 15 is 0 Å². The lowest BCUT2D eigenvalue weighted by molar-refractivity contribution is 0.931. The van der Waals surface area contributed by atoms with Gasteiger partial charge in [0, 0.05) is 24.4 Å². The third-order valence-corrected chi connectivity index (χ3v) is 1.62.